The molecule has 8 heteroatoms. The first-order valence-electron chi connectivity index (χ1n) is 10.5. The number of rotatable bonds is 10. The number of phosphoric acid groups is 1. The highest BCUT2D eigenvalue weighted by Crippen LogP contribution is 2.40. The van der Waals surface area contributed by atoms with Crippen molar-refractivity contribution in [3.05, 3.63) is 48.0 Å². The minimum atomic E-state index is -4.71. The molecule has 2 unspecified atom stereocenters. The van der Waals surface area contributed by atoms with Crippen molar-refractivity contribution in [2.24, 2.45) is 0 Å². The number of carbonyl (C=O) groups excluding carboxylic acids is 1. The number of hydrogen-bond acceptors (Lipinski definition) is 4. The van der Waals surface area contributed by atoms with E-state index in [9.17, 15) is 9.36 Å². The molecule has 0 radical (unpaired) electrons. The molecule has 2 rings (SSSR count). The van der Waals surface area contributed by atoms with Gasteiger partial charge in [0.15, 0.2) is 0 Å². The first-order valence-corrected chi connectivity index (χ1v) is 12.0. The molecule has 0 aliphatic rings. The Kier molecular flexibility index (Phi) is 11.7. The lowest BCUT2D eigenvalue weighted by molar-refractivity contribution is 0.0993. The second-order valence-corrected chi connectivity index (χ2v) is 7.92. The lowest BCUT2D eigenvalue weighted by Gasteiger charge is -2.26. The summed E-state index contributed by atoms with van der Waals surface area (Å²) in [7, 11) is -4.71. The normalized spacial score (nSPS) is 13.1. The molecule has 168 valence electrons. The zero-order valence-corrected chi connectivity index (χ0v) is 19.1. The van der Waals surface area contributed by atoms with Gasteiger partial charge in [-0.3, -0.25) is 4.52 Å². The molecule has 0 aliphatic carbocycles. The molecule has 0 aliphatic heterocycles. The number of hydrogen-bond donors (Lipinski definition) is 3. The number of amides is 1. The molecule has 0 heterocycles. The topological polar surface area (TPSA) is 105 Å². The summed E-state index contributed by atoms with van der Waals surface area (Å²) in [5.74, 6) is 0. The zero-order valence-electron chi connectivity index (χ0n) is 18.2. The van der Waals surface area contributed by atoms with Crippen LogP contribution in [0.15, 0.2) is 42.5 Å². The number of ether oxygens (including phenoxy) is 1. The van der Waals surface area contributed by atoms with Crippen LogP contribution in [0.3, 0.4) is 0 Å². The molecule has 7 nitrogen and oxygen atoms in total. The van der Waals surface area contributed by atoms with Gasteiger partial charge in [0, 0.05) is 0 Å². The van der Waals surface area contributed by atoms with Gasteiger partial charge in [-0.25, -0.2) is 9.36 Å². The van der Waals surface area contributed by atoms with E-state index in [0.717, 1.165) is 36.5 Å². The number of carbonyl (C=O) groups is 1. The number of alkyl carbamates (subject to hydrolysis) is 1. The van der Waals surface area contributed by atoms with E-state index < -0.39 is 26.1 Å². The maximum atomic E-state index is 12.2. The number of fused-ring (bicyclic) bond motifs is 1. The Morgan fingerprint density at radius 2 is 1.73 bits per heavy atom. The highest BCUT2D eigenvalue weighted by Gasteiger charge is 2.29. The third kappa shape index (κ3) is 9.26. The van der Waals surface area contributed by atoms with E-state index in [0.29, 0.717) is 12.2 Å². The summed E-state index contributed by atoms with van der Waals surface area (Å²) in [5, 5.41) is 4.65. The number of nitrogens with one attached hydrogen (secondary N) is 1. The average Bonchev–Trinajstić information content (AvgIpc) is 2.71. The van der Waals surface area contributed by atoms with Crippen LogP contribution in [0.25, 0.3) is 10.8 Å². The van der Waals surface area contributed by atoms with Gasteiger partial charge in [0.25, 0.3) is 0 Å². The number of unbranched alkanes of at least 4 members (excludes halogenated alkanes) is 3. The fourth-order valence-corrected chi connectivity index (χ4v) is 3.57. The van der Waals surface area contributed by atoms with Gasteiger partial charge < -0.3 is 19.8 Å². The van der Waals surface area contributed by atoms with Crippen LogP contribution in [0.2, 0.25) is 0 Å². The van der Waals surface area contributed by atoms with E-state index in [2.05, 4.69) is 12.2 Å². The molecule has 0 saturated heterocycles. The molecule has 2 aromatic rings. The van der Waals surface area contributed by atoms with E-state index in [-0.39, 0.29) is 0 Å². The Bertz CT molecular complexity index is 822. The van der Waals surface area contributed by atoms with E-state index in [1.54, 1.807) is 6.07 Å². The van der Waals surface area contributed by atoms with Gasteiger partial charge in [-0.15, -0.1) is 0 Å². The Morgan fingerprint density at radius 3 is 2.37 bits per heavy atom. The van der Waals surface area contributed by atoms with Crippen LogP contribution >= 0.6 is 7.82 Å². The predicted octanol–water partition coefficient (Wildman–Crippen LogP) is 5.71. The van der Waals surface area contributed by atoms with Crippen LogP contribution in [-0.4, -0.2) is 28.6 Å². The van der Waals surface area contributed by atoms with Gasteiger partial charge in [0.2, 0.25) is 0 Å². The highest BCUT2D eigenvalue weighted by atomic mass is 31.2. The van der Waals surface area contributed by atoms with Gasteiger partial charge in [0.1, 0.15) is 0 Å². The molecule has 0 aromatic heterocycles. The third-order valence-corrected chi connectivity index (χ3v) is 5.02. The standard InChI is InChI=1S/C20H28NO6P.C2H6/c1-3-4-5-8-13-26-20(22)21-19(15(2)27-28(23,24)25)18-12-11-16-9-6-7-10-17(16)14-18;1-2/h6-7,9-12,14-15,19H,3-5,8,13H2,1-2H3,(H,21,22)(H2,23,24,25);1-2H3. The van der Waals surface area contributed by atoms with Crippen LogP contribution < -0.4 is 5.32 Å². The van der Waals surface area contributed by atoms with Crippen LogP contribution in [0.5, 0.6) is 0 Å². The summed E-state index contributed by atoms with van der Waals surface area (Å²) >= 11 is 0. The summed E-state index contributed by atoms with van der Waals surface area (Å²) < 4.78 is 21.3. The van der Waals surface area contributed by atoms with Gasteiger partial charge >= 0.3 is 13.9 Å². The summed E-state index contributed by atoms with van der Waals surface area (Å²) in [5.41, 5.74) is 0.669. The fraction of sp³-hybridized carbons (Fsp3) is 0.500. The Labute approximate surface area is 179 Å². The number of benzene rings is 2. The molecule has 0 fully saturated rings. The van der Waals surface area contributed by atoms with E-state index in [1.807, 2.05) is 50.2 Å². The maximum absolute atomic E-state index is 12.2. The SMILES string of the molecule is CC.CCCCCCOC(=O)NC(c1ccc2ccccc2c1)C(C)OP(=O)(O)O. The molecular weight excluding hydrogens is 405 g/mol. The molecule has 3 N–H and O–H groups in total. The minimum Gasteiger partial charge on any atom is -0.450 e. The molecule has 0 bridgehead atoms. The largest absolute Gasteiger partial charge is 0.469 e. The van der Waals surface area contributed by atoms with E-state index >= 15 is 0 Å². The van der Waals surface area contributed by atoms with Crippen LogP contribution in [-0.2, 0) is 13.8 Å². The van der Waals surface area contributed by atoms with Crippen LogP contribution in [0, 0.1) is 0 Å². The van der Waals surface area contributed by atoms with E-state index in [4.69, 9.17) is 19.0 Å². The summed E-state index contributed by atoms with van der Waals surface area (Å²) in [4.78, 5) is 30.5. The minimum absolute atomic E-state index is 0.296. The molecule has 0 spiro atoms. The van der Waals surface area contributed by atoms with Crippen molar-refractivity contribution >= 4 is 24.7 Å². The average molecular weight is 439 g/mol. The van der Waals surface area contributed by atoms with Gasteiger partial charge in [0.05, 0.1) is 18.8 Å². The fourth-order valence-electron chi connectivity index (χ4n) is 3.01. The van der Waals surface area contributed by atoms with Crippen LogP contribution in [0.4, 0.5) is 4.79 Å². The lowest BCUT2D eigenvalue weighted by atomic mass is 9.99. The second kappa shape index (κ2) is 13.4. The smallest absolute Gasteiger partial charge is 0.450 e. The van der Waals surface area contributed by atoms with E-state index in [1.165, 1.54) is 6.92 Å². The maximum Gasteiger partial charge on any atom is 0.469 e. The van der Waals surface area contributed by atoms with Crippen molar-refractivity contribution in [3.8, 4) is 0 Å². The first-order chi connectivity index (χ1) is 14.3. The Morgan fingerprint density at radius 1 is 1.07 bits per heavy atom. The Balaban J connectivity index is 0.00000218. The molecule has 1 amide bonds. The Hall–Kier alpha value is -1.92. The third-order valence-electron chi connectivity index (χ3n) is 4.41. The molecular formula is C22H34NO6P. The van der Waals surface area contributed by atoms with Crippen molar-refractivity contribution in [2.45, 2.75) is 65.5 Å². The van der Waals surface area contributed by atoms with Crippen LogP contribution in [0.1, 0.15) is 65.0 Å². The van der Waals surface area contributed by atoms with Crippen molar-refractivity contribution < 1.29 is 28.4 Å². The molecule has 30 heavy (non-hydrogen) atoms. The molecule has 2 atom stereocenters. The monoisotopic (exact) mass is 439 g/mol. The molecule has 2 aromatic carbocycles. The highest BCUT2D eigenvalue weighted by molar-refractivity contribution is 7.46. The number of phosphoric ester groups is 1. The second-order valence-electron chi connectivity index (χ2n) is 6.73. The summed E-state index contributed by atoms with van der Waals surface area (Å²) in [6.45, 7) is 7.90. The van der Waals surface area contributed by atoms with Crippen molar-refractivity contribution in [3.63, 3.8) is 0 Å². The summed E-state index contributed by atoms with van der Waals surface area (Å²) in [6.07, 6.45) is 2.32. The van der Waals surface area contributed by atoms with Crippen molar-refractivity contribution in [2.75, 3.05) is 6.61 Å². The predicted molar refractivity (Wildman–Crippen MR) is 119 cm³/mol. The van der Waals surface area contributed by atoms with Crippen molar-refractivity contribution in [1.29, 1.82) is 0 Å². The summed E-state index contributed by atoms with van der Waals surface area (Å²) in [6, 6.07) is 12.5. The quantitative estimate of drug-likeness (QED) is 0.323. The van der Waals surface area contributed by atoms with Gasteiger partial charge in [-0.1, -0.05) is 76.4 Å². The van der Waals surface area contributed by atoms with Gasteiger partial charge in [-0.05, 0) is 35.7 Å². The zero-order chi connectivity index (χ0) is 22.6. The first kappa shape index (κ1) is 26.1. The lowest BCUT2D eigenvalue weighted by Crippen LogP contribution is -2.36. The molecule has 0 saturated carbocycles. The van der Waals surface area contributed by atoms with Gasteiger partial charge in [-0.2, -0.15) is 0 Å². The van der Waals surface area contributed by atoms with Crippen molar-refractivity contribution in [1.82, 2.24) is 5.32 Å².